The van der Waals surface area contributed by atoms with E-state index in [0.29, 0.717) is 5.92 Å². The van der Waals surface area contributed by atoms with E-state index >= 15 is 0 Å². The van der Waals surface area contributed by atoms with E-state index in [1.165, 1.54) is 38.5 Å². The second-order valence-electron chi connectivity index (χ2n) is 5.82. The summed E-state index contributed by atoms with van der Waals surface area (Å²) in [7, 11) is 0. The minimum atomic E-state index is 0.279. The molecule has 1 heteroatoms. The van der Waals surface area contributed by atoms with Crippen LogP contribution in [0, 0.1) is 11.3 Å². The van der Waals surface area contributed by atoms with Gasteiger partial charge in [0.25, 0.3) is 0 Å². The molecule has 2 unspecified atom stereocenters. The number of aldehydes is 1. The first-order valence-corrected chi connectivity index (χ1v) is 6.76. The second-order valence-corrected chi connectivity index (χ2v) is 5.82. The van der Waals surface area contributed by atoms with Crippen molar-refractivity contribution in [2.24, 2.45) is 11.3 Å². The number of unbranched alkanes of at least 4 members (excludes halogenated alkanes) is 3. The van der Waals surface area contributed by atoms with Crippen LogP contribution in [-0.2, 0) is 4.79 Å². The molecule has 0 spiro atoms. The molecule has 92 valence electrons. The Labute approximate surface area is 100 Å². The molecule has 0 saturated heterocycles. The van der Waals surface area contributed by atoms with Crippen molar-refractivity contribution < 1.29 is 4.79 Å². The fourth-order valence-electron chi connectivity index (χ4n) is 3.05. The summed E-state index contributed by atoms with van der Waals surface area (Å²) in [5.74, 6) is 0.668. The normalized spacial score (nSPS) is 29.9. The smallest absolute Gasteiger partial charge is 0.145 e. The quantitative estimate of drug-likeness (QED) is 0.477. The van der Waals surface area contributed by atoms with E-state index in [-0.39, 0.29) is 5.41 Å². The zero-order chi connectivity index (χ0) is 12.0. The van der Waals surface area contributed by atoms with Gasteiger partial charge >= 0.3 is 0 Å². The third-order valence-corrected chi connectivity index (χ3v) is 3.69. The van der Waals surface area contributed by atoms with Gasteiger partial charge in [0.05, 0.1) is 0 Å². The van der Waals surface area contributed by atoms with Gasteiger partial charge in [0.2, 0.25) is 0 Å². The summed E-state index contributed by atoms with van der Waals surface area (Å²) in [6.45, 7) is 6.83. The molecule has 0 amide bonds. The van der Waals surface area contributed by atoms with Crippen molar-refractivity contribution in [3.8, 4) is 0 Å². The Kier molecular flexibility index (Phi) is 5.24. The maximum Gasteiger partial charge on any atom is 0.145 e. The molecule has 0 heterocycles. The highest BCUT2D eigenvalue weighted by molar-refractivity contribution is 5.73. The van der Waals surface area contributed by atoms with Crippen molar-refractivity contribution in [2.75, 3.05) is 0 Å². The minimum Gasteiger partial charge on any atom is -0.298 e. The van der Waals surface area contributed by atoms with Gasteiger partial charge in [-0.1, -0.05) is 52.5 Å². The van der Waals surface area contributed by atoms with Crippen LogP contribution in [-0.4, -0.2) is 6.29 Å². The van der Waals surface area contributed by atoms with Gasteiger partial charge in [0, 0.05) is 0 Å². The summed E-state index contributed by atoms with van der Waals surface area (Å²) in [4.78, 5) is 10.9. The van der Waals surface area contributed by atoms with Gasteiger partial charge in [-0.15, -0.1) is 0 Å². The van der Waals surface area contributed by atoms with Crippen LogP contribution in [0.4, 0.5) is 0 Å². The molecule has 0 aromatic heterocycles. The van der Waals surface area contributed by atoms with Crippen LogP contribution >= 0.6 is 0 Å². The van der Waals surface area contributed by atoms with Crippen molar-refractivity contribution in [1.29, 1.82) is 0 Å². The molecule has 1 aliphatic carbocycles. The van der Waals surface area contributed by atoms with Crippen LogP contribution in [0.3, 0.4) is 0 Å². The molecule has 0 bridgehead atoms. The van der Waals surface area contributed by atoms with Crippen molar-refractivity contribution in [2.45, 2.75) is 65.7 Å². The predicted octanol–water partition coefficient (Wildman–Crippen LogP) is 4.52. The zero-order valence-corrected chi connectivity index (χ0v) is 11.1. The molecule has 0 radical (unpaired) electrons. The molecule has 1 rings (SSSR count). The summed E-state index contributed by atoms with van der Waals surface area (Å²) in [6.07, 6.45) is 12.0. The van der Waals surface area contributed by atoms with E-state index in [1.807, 2.05) is 0 Å². The second kappa shape index (κ2) is 6.22. The predicted molar refractivity (Wildman–Crippen MR) is 69.4 cm³/mol. The highest BCUT2D eigenvalue weighted by Crippen LogP contribution is 2.40. The first-order valence-electron chi connectivity index (χ1n) is 6.76. The molecule has 0 aliphatic heterocycles. The number of hydrogen-bond donors (Lipinski definition) is 0. The molecule has 0 fully saturated rings. The summed E-state index contributed by atoms with van der Waals surface area (Å²) < 4.78 is 0. The topological polar surface area (TPSA) is 17.1 Å². The molecular weight excluding hydrogens is 196 g/mol. The van der Waals surface area contributed by atoms with E-state index in [4.69, 9.17) is 0 Å². The van der Waals surface area contributed by atoms with Gasteiger partial charge in [-0.25, -0.2) is 0 Å². The molecule has 0 aromatic carbocycles. The first-order chi connectivity index (χ1) is 7.59. The standard InChI is InChI=1S/C15H26O/c1-4-5-6-7-8-15(3)10-13(2)9-14(11-15)12-16/h11-13H,4-10H2,1-3H3. The summed E-state index contributed by atoms with van der Waals surface area (Å²) in [6, 6.07) is 0. The maximum absolute atomic E-state index is 10.9. The Balaban J connectivity index is 2.50. The first kappa shape index (κ1) is 13.5. The lowest BCUT2D eigenvalue weighted by molar-refractivity contribution is -0.105. The molecule has 16 heavy (non-hydrogen) atoms. The average molecular weight is 222 g/mol. The van der Waals surface area contributed by atoms with E-state index in [0.717, 1.165) is 18.3 Å². The van der Waals surface area contributed by atoms with Crippen LogP contribution in [0.15, 0.2) is 11.6 Å². The SMILES string of the molecule is CCCCCCC1(C)C=C(C=O)CC(C)C1. The van der Waals surface area contributed by atoms with Crippen LogP contribution in [0.5, 0.6) is 0 Å². The number of hydrogen-bond acceptors (Lipinski definition) is 1. The number of carbonyl (C=O) groups is 1. The Morgan fingerprint density at radius 2 is 2.19 bits per heavy atom. The molecule has 0 aromatic rings. The fourth-order valence-corrected chi connectivity index (χ4v) is 3.05. The van der Waals surface area contributed by atoms with Crippen molar-refractivity contribution in [3.63, 3.8) is 0 Å². The largest absolute Gasteiger partial charge is 0.298 e. The maximum atomic E-state index is 10.9. The lowest BCUT2D eigenvalue weighted by Crippen LogP contribution is -2.23. The monoisotopic (exact) mass is 222 g/mol. The summed E-state index contributed by atoms with van der Waals surface area (Å²) in [5, 5.41) is 0. The Morgan fingerprint density at radius 3 is 2.81 bits per heavy atom. The van der Waals surface area contributed by atoms with Gasteiger partial charge in [-0.2, -0.15) is 0 Å². The van der Waals surface area contributed by atoms with E-state index in [2.05, 4.69) is 26.8 Å². The lowest BCUT2D eigenvalue weighted by Gasteiger charge is -2.34. The van der Waals surface area contributed by atoms with Crippen LogP contribution < -0.4 is 0 Å². The number of carbonyl (C=O) groups excluding carboxylic acids is 1. The molecule has 0 N–H and O–H groups in total. The third-order valence-electron chi connectivity index (χ3n) is 3.69. The third kappa shape index (κ3) is 4.11. The van der Waals surface area contributed by atoms with Gasteiger partial charge in [0.1, 0.15) is 6.29 Å². The van der Waals surface area contributed by atoms with Gasteiger partial charge in [0.15, 0.2) is 0 Å². The molecule has 0 saturated carbocycles. The number of rotatable bonds is 6. The van der Waals surface area contributed by atoms with Gasteiger partial charge in [-0.3, -0.25) is 4.79 Å². The van der Waals surface area contributed by atoms with Gasteiger partial charge in [-0.05, 0) is 36.2 Å². The van der Waals surface area contributed by atoms with Crippen LogP contribution in [0.1, 0.15) is 65.7 Å². The number of allylic oxidation sites excluding steroid dienone is 2. The lowest BCUT2D eigenvalue weighted by atomic mass is 9.71. The zero-order valence-electron chi connectivity index (χ0n) is 11.1. The van der Waals surface area contributed by atoms with E-state index < -0.39 is 0 Å². The Bertz CT molecular complexity index is 254. The molecular formula is C15H26O. The Morgan fingerprint density at radius 1 is 1.44 bits per heavy atom. The Hall–Kier alpha value is -0.590. The van der Waals surface area contributed by atoms with Crippen LogP contribution in [0.25, 0.3) is 0 Å². The van der Waals surface area contributed by atoms with Crippen LogP contribution in [0.2, 0.25) is 0 Å². The van der Waals surface area contributed by atoms with Gasteiger partial charge < -0.3 is 0 Å². The van der Waals surface area contributed by atoms with Crippen molar-refractivity contribution in [1.82, 2.24) is 0 Å². The minimum absolute atomic E-state index is 0.279. The summed E-state index contributed by atoms with van der Waals surface area (Å²) >= 11 is 0. The summed E-state index contributed by atoms with van der Waals surface area (Å²) in [5.41, 5.74) is 1.30. The molecule has 1 nitrogen and oxygen atoms in total. The highest BCUT2D eigenvalue weighted by atomic mass is 16.1. The molecule has 1 aliphatic rings. The van der Waals surface area contributed by atoms with E-state index in [1.54, 1.807) is 0 Å². The highest BCUT2D eigenvalue weighted by Gasteiger charge is 2.28. The van der Waals surface area contributed by atoms with E-state index in [9.17, 15) is 4.79 Å². The van der Waals surface area contributed by atoms with Crippen molar-refractivity contribution >= 4 is 6.29 Å². The fraction of sp³-hybridized carbons (Fsp3) is 0.800. The average Bonchev–Trinajstić information content (AvgIpc) is 2.23. The molecule has 2 atom stereocenters. The van der Waals surface area contributed by atoms with Crippen molar-refractivity contribution in [3.05, 3.63) is 11.6 Å².